The van der Waals surface area contributed by atoms with E-state index in [0.29, 0.717) is 6.42 Å². The summed E-state index contributed by atoms with van der Waals surface area (Å²) < 4.78 is 0. The van der Waals surface area contributed by atoms with E-state index in [1.807, 2.05) is 6.92 Å². The number of alkyl halides is 1. The standard InChI is InChI=1S/C9H17BrN2O2/c1-3-4-5-7(8(11)13)12-9(14)6(2)10/h6-7H,3-5H2,1-2H3,(H2,11,13)(H,12,14). The summed E-state index contributed by atoms with van der Waals surface area (Å²) in [4.78, 5) is 21.9. The maximum absolute atomic E-state index is 11.3. The van der Waals surface area contributed by atoms with Gasteiger partial charge in [-0.15, -0.1) is 0 Å². The monoisotopic (exact) mass is 264 g/mol. The Morgan fingerprint density at radius 3 is 2.43 bits per heavy atom. The molecule has 0 aliphatic heterocycles. The molecule has 14 heavy (non-hydrogen) atoms. The van der Waals surface area contributed by atoms with Crippen LogP contribution in [0.1, 0.15) is 33.1 Å². The lowest BCUT2D eigenvalue weighted by Crippen LogP contribution is -2.46. The molecule has 0 saturated carbocycles. The molecule has 82 valence electrons. The van der Waals surface area contributed by atoms with Gasteiger partial charge in [-0.25, -0.2) is 0 Å². The van der Waals surface area contributed by atoms with Crippen molar-refractivity contribution in [3.8, 4) is 0 Å². The highest BCUT2D eigenvalue weighted by atomic mass is 79.9. The number of hydrogen-bond donors (Lipinski definition) is 2. The molecule has 2 unspecified atom stereocenters. The van der Waals surface area contributed by atoms with Crippen molar-refractivity contribution in [3.05, 3.63) is 0 Å². The van der Waals surface area contributed by atoms with E-state index in [-0.39, 0.29) is 10.7 Å². The second kappa shape index (κ2) is 6.81. The van der Waals surface area contributed by atoms with Gasteiger partial charge < -0.3 is 11.1 Å². The zero-order valence-corrected chi connectivity index (χ0v) is 10.1. The van der Waals surface area contributed by atoms with Crippen LogP contribution in [0.15, 0.2) is 0 Å². The summed E-state index contributed by atoms with van der Waals surface area (Å²) in [5.74, 6) is -0.676. The highest BCUT2D eigenvalue weighted by molar-refractivity contribution is 9.10. The predicted octanol–water partition coefficient (Wildman–Crippen LogP) is 0.930. The molecule has 0 bridgehead atoms. The minimum atomic E-state index is -0.539. The molecule has 0 aliphatic rings. The van der Waals surface area contributed by atoms with E-state index in [0.717, 1.165) is 12.8 Å². The van der Waals surface area contributed by atoms with E-state index < -0.39 is 11.9 Å². The summed E-state index contributed by atoms with van der Waals surface area (Å²) in [5.41, 5.74) is 5.16. The fraction of sp³-hybridized carbons (Fsp3) is 0.778. The zero-order valence-electron chi connectivity index (χ0n) is 8.55. The third kappa shape index (κ3) is 5.21. The number of amides is 2. The lowest BCUT2D eigenvalue weighted by molar-refractivity contribution is -0.127. The summed E-state index contributed by atoms with van der Waals surface area (Å²) in [6, 6.07) is -0.539. The normalized spacial score (nSPS) is 14.5. The second-order valence-electron chi connectivity index (χ2n) is 3.22. The number of hydrogen-bond acceptors (Lipinski definition) is 2. The minimum Gasteiger partial charge on any atom is -0.368 e. The van der Waals surface area contributed by atoms with Gasteiger partial charge in [-0.05, 0) is 13.3 Å². The Bertz CT molecular complexity index is 207. The van der Waals surface area contributed by atoms with Crippen LogP contribution >= 0.6 is 15.9 Å². The van der Waals surface area contributed by atoms with Gasteiger partial charge in [0.1, 0.15) is 6.04 Å². The van der Waals surface area contributed by atoms with E-state index >= 15 is 0 Å². The van der Waals surface area contributed by atoms with Gasteiger partial charge >= 0.3 is 0 Å². The number of rotatable bonds is 6. The van der Waals surface area contributed by atoms with Crippen molar-refractivity contribution >= 4 is 27.7 Å². The Morgan fingerprint density at radius 2 is 2.07 bits per heavy atom. The van der Waals surface area contributed by atoms with Gasteiger partial charge in [-0.2, -0.15) is 0 Å². The Morgan fingerprint density at radius 1 is 1.50 bits per heavy atom. The molecule has 0 fully saturated rings. The molecule has 0 rings (SSSR count). The predicted molar refractivity (Wildman–Crippen MR) is 59.0 cm³/mol. The SMILES string of the molecule is CCCCC(NC(=O)C(C)Br)C(N)=O. The third-order valence-corrected chi connectivity index (χ3v) is 2.28. The molecule has 2 atom stereocenters. The van der Waals surface area contributed by atoms with Crippen molar-refractivity contribution in [1.29, 1.82) is 0 Å². The first-order valence-electron chi connectivity index (χ1n) is 4.72. The van der Waals surface area contributed by atoms with Crippen LogP contribution in [0.5, 0.6) is 0 Å². The van der Waals surface area contributed by atoms with Crippen LogP contribution in [0.25, 0.3) is 0 Å². The fourth-order valence-corrected chi connectivity index (χ4v) is 1.11. The van der Waals surface area contributed by atoms with E-state index in [1.165, 1.54) is 0 Å². The Kier molecular flexibility index (Phi) is 6.53. The number of unbranched alkanes of at least 4 members (excludes halogenated alkanes) is 1. The first-order valence-corrected chi connectivity index (χ1v) is 5.64. The van der Waals surface area contributed by atoms with Crippen molar-refractivity contribution in [3.63, 3.8) is 0 Å². The van der Waals surface area contributed by atoms with Crippen LogP contribution in [0.3, 0.4) is 0 Å². The molecular weight excluding hydrogens is 248 g/mol. The van der Waals surface area contributed by atoms with Crippen LogP contribution < -0.4 is 11.1 Å². The summed E-state index contributed by atoms with van der Waals surface area (Å²) >= 11 is 3.12. The van der Waals surface area contributed by atoms with Gasteiger partial charge in [-0.1, -0.05) is 35.7 Å². The Labute approximate surface area is 92.7 Å². The molecule has 4 nitrogen and oxygen atoms in total. The number of carbonyl (C=O) groups excluding carboxylic acids is 2. The smallest absolute Gasteiger partial charge is 0.240 e. The van der Waals surface area contributed by atoms with E-state index in [9.17, 15) is 9.59 Å². The van der Waals surface area contributed by atoms with Crippen LogP contribution in [0, 0.1) is 0 Å². The van der Waals surface area contributed by atoms with Gasteiger partial charge in [-0.3, -0.25) is 9.59 Å². The summed E-state index contributed by atoms with van der Waals surface area (Å²) in [6.45, 7) is 3.72. The molecule has 2 amide bonds. The molecule has 0 saturated heterocycles. The second-order valence-corrected chi connectivity index (χ2v) is 4.60. The summed E-state index contributed by atoms with van der Waals surface area (Å²) in [7, 11) is 0. The van der Waals surface area contributed by atoms with Crippen molar-refractivity contribution in [1.82, 2.24) is 5.32 Å². The lowest BCUT2D eigenvalue weighted by atomic mass is 10.1. The fourth-order valence-electron chi connectivity index (χ4n) is 0.980. The summed E-state index contributed by atoms with van der Waals surface area (Å²) in [6.07, 6.45) is 2.46. The molecule has 3 N–H and O–H groups in total. The van der Waals surface area contributed by atoms with Crippen molar-refractivity contribution in [2.45, 2.75) is 44.0 Å². The van der Waals surface area contributed by atoms with E-state index in [1.54, 1.807) is 6.92 Å². The molecule has 0 aromatic heterocycles. The highest BCUT2D eigenvalue weighted by Crippen LogP contribution is 2.03. The quantitative estimate of drug-likeness (QED) is 0.701. The Balaban J connectivity index is 4.09. The van der Waals surface area contributed by atoms with Gasteiger partial charge in [0.25, 0.3) is 0 Å². The molecule has 0 aromatic carbocycles. The van der Waals surface area contributed by atoms with Gasteiger partial charge in [0.2, 0.25) is 11.8 Å². The molecular formula is C9H17BrN2O2. The van der Waals surface area contributed by atoms with E-state index in [2.05, 4.69) is 21.2 Å². The van der Waals surface area contributed by atoms with Crippen molar-refractivity contribution < 1.29 is 9.59 Å². The number of nitrogens with one attached hydrogen (secondary N) is 1. The molecule has 0 aliphatic carbocycles. The summed E-state index contributed by atoms with van der Waals surface area (Å²) in [5, 5.41) is 2.59. The van der Waals surface area contributed by atoms with Crippen molar-refractivity contribution in [2.75, 3.05) is 0 Å². The average molecular weight is 265 g/mol. The van der Waals surface area contributed by atoms with Crippen LogP contribution in [0.2, 0.25) is 0 Å². The number of nitrogens with two attached hydrogens (primary N) is 1. The lowest BCUT2D eigenvalue weighted by Gasteiger charge is -2.15. The number of primary amides is 1. The first-order chi connectivity index (χ1) is 6.49. The maximum atomic E-state index is 11.3. The van der Waals surface area contributed by atoms with Gasteiger partial charge in [0.05, 0.1) is 4.83 Å². The topological polar surface area (TPSA) is 72.2 Å². The maximum Gasteiger partial charge on any atom is 0.240 e. The average Bonchev–Trinajstić information content (AvgIpc) is 2.10. The third-order valence-electron chi connectivity index (χ3n) is 1.87. The highest BCUT2D eigenvalue weighted by Gasteiger charge is 2.19. The van der Waals surface area contributed by atoms with Crippen LogP contribution in [-0.2, 0) is 9.59 Å². The number of halogens is 1. The van der Waals surface area contributed by atoms with E-state index in [4.69, 9.17) is 5.73 Å². The minimum absolute atomic E-state index is 0.204. The van der Waals surface area contributed by atoms with Gasteiger partial charge in [0.15, 0.2) is 0 Å². The molecule has 0 radical (unpaired) electrons. The number of carbonyl (C=O) groups is 2. The van der Waals surface area contributed by atoms with Crippen LogP contribution in [0.4, 0.5) is 0 Å². The molecule has 0 spiro atoms. The first kappa shape index (κ1) is 13.4. The zero-order chi connectivity index (χ0) is 11.1. The molecule has 0 heterocycles. The molecule has 5 heteroatoms. The van der Waals surface area contributed by atoms with Gasteiger partial charge in [0, 0.05) is 0 Å². The van der Waals surface area contributed by atoms with Crippen LogP contribution in [-0.4, -0.2) is 22.7 Å². The largest absolute Gasteiger partial charge is 0.368 e. The Hall–Kier alpha value is -0.580. The molecule has 0 aromatic rings. The van der Waals surface area contributed by atoms with Crippen molar-refractivity contribution in [2.24, 2.45) is 5.73 Å².